The monoisotopic (exact) mass is 402 g/mol. The number of hydrogen-bond donors (Lipinski definition) is 1. The van der Waals surface area contributed by atoms with E-state index in [2.05, 4.69) is 17.4 Å². The van der Waals surface area contributed by atoms with Crippen LogP contribution in [0.4, 0.5) is 0 Å². The van der Waals surface area contributed by atoms with Crippen LogP contribution < -0.4 is 5.32 Å². The van der Waals surface area contributed by atoms with Crippen molar-refractivity contribution in [3.63, 3.8) is 0 Å². The summed E-state index contributed by atoms with van der Waals surface area (Å²) in [6.07, 6.45) is 5.56. The largest absolute Gasteiger partial charge is 0.452 e. The van der Waals surface area contributed by atoms with Crippen LogP contribution in [0.1, 0.15) is 46.4 Å². The molecule has 0 spiro atoms. The molecule has 2 aromatic carbocycles. The standard InChI is InChI=1S/C25H26N2O3/c28-23(26-16-8-11-18-9-2-1-3-10-18)17-30-25(29)24-19-12-4-6-14-21(19)27-22-15-7-5-13-20(22)24/h1-4,6,9-10,12,14H,5,7-8,11,13,15-17H2,(H,26,28). The fourth-order valence-electron chi connectivity index (χ4n) is 4.03. The number of rotatable bonds is 7. The zero-order valence-electron chi connectivity index (χ0n) is 17.0. The van der Waals surface area contributed by atoms with E-state index in [1.54, 1.807) is 0 Å². The maximum absolute atomic E-state index is 12.9. The fraction of sp³-hybridized carbons (Fsp3) is 0.320. The minimum atomic E-state index is -0.439. The summed E-state index contributed by atoms with van der Waals surface area (Å²) < 4.78 is 5.40. The number of carbonyl (C=O) groups is 2. The summed E-state index contributed by atoms with van der Waals surface area (Å²) >= 11 is 0. The van der Waals surface area contributed by atoms with E-state index in [9.17, 15) is 9.59 Å². The summed E-state index contributed by atoms with van der Waals surface area (Å²) in [5.74, 6) is -0.713. The normalized spacial score (nSPS) is 12.9. The highest BCUT2D eigenvalue weighted by atomic mass is 16.5. The first-order valence-corrected chi connectivity index (χ1v) is 10.6. The molecular formula is C25H26N2O3. The number of pyridine rings is 1. The average molecular weight is 402 g/mol. The number of amides is 1. The van der Waals surface area contributed by atoms with Crippen LogP contribution in [0.2, 0.25) is 0 Å². The predicted octanol–water partition coefficient (Wildman–Crippen LogP) is 4.02. The van der Waals surface area contributed by atoms with Crippen molar-refractivity contribution in [2.45, 2.75) is 38.5 Å². The SMILES string of the molecule is O=C(COC(=O)c1c2c(nc3ccccc13)CCCC2)NCCCc1ccccc1. The minimum Gasteiger partial charge on any atom is -0.452 e. The van der Waals surface area contributed by atoms with Crippen LogP contribution in [0, 0.1) is 0 Å². The molecule has 0 saturated heterocycles. The van der Waals surface area contributed by atoms with Crippen LogP contribution in [-0.2, 0) is 28.8 Å². The van der Waals surface area contributed by atoms with Crippen molar-refractivity contribution < 1.29 is 14.3 Å². The fourth-order valence-corrected chi connectivity index (χ4v) is 4.03. The molecule has 1 aromatic heterocycles. The second-order valence-corrected chi connectivity index (χ2v) is 7.65. The molecule has 154 valence electrons. The second kappa shape index (κ2) is 9.53. The zero-order valence-corrected chi connectivity index (χ0v) is 17.0. The molecule has 5 heteroatoms. The van der Waals surface area contributed by atoms with Gasteiger partial charge in [0.15, 0.2) is 6.61 Å². The molecule has 5 nitrogen and oxygen atoms in total. The van der Waals surface area contributed by atoms with Gasteiger partial charge < -0.3 is 10.1 Å². The number of esters is 1. The van der Waals surface area contributed by atoms with E-state index in [1.165, 1.54) is 5.56 Å². The molecule has 3 aromatic rings. The van der Waals surface area contributed by atoms with E-state index in [1.807, 2.05) is 42.5 Å². The van der Waals surface area contributed by atoms with Crippen molar-refractivity contribution in [3.05, 3.63) is 77.0 Å². The Labute approximate surface area is 176 Å². The number of aryl methyl sites for hydroxylation is 2. The highest BCUT2D eigenvalue weighted by Gasteiger charge is 2.24. The van der Waals surface area contributed by atoms with Crippen LogP contribution in [0.25, 0.3) is 10.9 Å². The van der Waals surface area contributed by atoms with E-state index >= 15 is 0 Å². The lowest BCUT2D eigenvalue weighted by atomic mass is 9.90. The topological polar surface area (TPSA) is 68.3 Å². The average Bonchev–Trinajstić information content (AvgIpc) is 2.79. The minimum absolute atomic E-state index is 0.268. The quantitative estimate of drug-likeness (QED) is 0.479. The first kappa shape index (κ1) is 20.1. The molecule has 1 heterocycles. The predicted molar refractivity (Wildman–Crippen MR) is 116 cm³/mol. The first-order valence-electron chi connectivity index (χ1n) is 10.6. The summed E-state index contributed by atoms with van der Waals surface area (Å²) in [6, 6.07) is 17.8. The molecule has 0 unspecified atom stereocenters. The molecule has 0 atom stereocenters. The molecule has 1 aliphatic carbocycles. The number of hydrogen-bond acceptors (Lipinski definition) is 4. The van der Waals surface area contributed by atoms with Crippen molar-refractivity contribution in [1.29, 1.82) is 0 Å². The highest BCUT2D eigenvalue weighted by molar-refractivity contribution is 6.05. The Morgan fingerprint density at radius 3 is 2.60 bits per heavy atom. The lowest BCUT2D eigenvalue weighted by molar-refractivity contribution is -0.124. The Kier molecular flexibility index (Phi) is 6.38. The van der Waals surface area contributed by atoms with Crippen molar-refractivity contribution >= 4 is 22.8 Å². The van der Waals surface area contributed by atoms with Crippen molar-refractivity contribution in [2.24, 2.45) is 0 Å². The van der Waals surface area contributed by atoms with Gasteiger partial charge in [-0.3, -0.25) is 9.78 Å². The second-order valence-electron chi connectivity index (χ2n) is 7.65. The smallest absolute Gasteiger partial charge is 0.339 e. The van der Waals surface area contributed by atoms with Gasteiger partial charge in [-0.2, -0.15) is 0 Å². The van der Waals surface area contributed by atoms with Crippen LogP contribution in [0.3, 0.4) is 0 Å². The molecule has 1 amide bonds. The molecule has 0 fully saturated rings. The Bertz CT molecular complexity index is 1050. The van der Waals surface area contributed by atoms with E-state index < -0.39 is 5.97 Å². The molecule has 0 saturated carbocycles. The highest BCUT2D eigenvalue weighted by Crippen LogP contribution is 2.29. The van der Waals surface area contributed by atoms with E-state index in [0.29, 0.717) is 12.1 Å². The zero-order chi connectivity index (χ0) is 20.8. The number of benzene rings is 2. The number of para-hydroxylation sites is 1. The van der Waals surface area contributed by atoms with Gasteiger partial charge in [-0.05, 0) is 55.7 Å². The first-order chi connectivity index (χ1) is 14.7. The van der Waals surface area contributed by atoms with Crippen molar-refractivity contribution in [1.82, 2.24) is 10.3 Å². The third kappa shape index (κ3) is 4.67. The number of aromatic nitrogens is 1. The van der Waals surface area contributed by atoms with Gasteiger partial charge in [0.25, 0.3) is 5.91 Å². The molecule has 1 N–H and O–H groups in total. The molecule has 4 rings (SSSR count). The van der Waals surface area contributed by atoms with E-state index in [-0.39, 0.29) is 12.5 Å². The Balaban J connectivity index is 1.36. The van der Waals surface area contributed by atoms with E-state index in [0.717, 1.165) is 60.7 Å². The lowest BCUT2D eigenvalue weighted by Gasteiger charge is -2.19. The maximum Gasteiger partial charge on any atom is 0.339 e. The molecular weight excluding hydrogens is 376 g/mol. The number of fused-ring (bicyclic) bond motifs is 2. The van der Waals surface area contributed by atoms with Gasteiger partial charge in [0.1, 0.15) is 0 Å². The lowest BCUT2D eigenvalue weighted by Crippen LogP contribution is -2.30. The van der Waals surface area contributed by atoms with Gasteiger partial charge in [-0.15, -0.1) is 0 Å². The summed E-state index contributed by atoms with van der Waals surface area (Å²) in [5, 5.41) is 3.63. The molecule has 0 radical (unpaired) electrons. The van der Waals surface area contributed by atoms with Gasteiger partial charge in [0, 0.05) is 17.6 Å². The molecule has 30 heavy (non-hydrogen) atoms. The summed E-state index contributed by atoms with van der Waals surface area (Å²) in [5.41, 5.74) is 4.58. The van der Waals surface area contributed by atoms with E-state index in [4.69, 9.17) is 9.72 Å². The van der Waals surface area contributed by atoms with Crippen molar-refractivity contribution in [3.8, 4) is 0 Å². The number of ether oxygens (including phenoxy) is 1. The summed E-state index contributed by atoms with van der Waals surface area (Å²) in [7, 11) is 0. The van der Waals surface area contributed by atoms with Crippen LogP contribution in [-0.4, -0.2) is 30.0 Å². The van der Waals surface area contributed by atoms with Crippen LogP contribution in [0.5, 0.6) is 0 Å². The van der Waals surface area contributed by atoms with Gasteiger partial charge in [-0.1, -0.05) is 48.5 Å². The van der Waals surface area contributed by atoms with Gasteiger partial charge in [0.2, 0.25) is 0 Å². The van der Waals surface area contributed by atoms with Gasteiger partial charge >= 0.3 is 5.97 Å². The van der Waals surface area contributed by atoms with Gasteiger partial charge in [-0.25, -0.2) is 4.79 Å². The van der Waals surface area contributed by atoms with Gasteiger partial charge in [0.05, 0.1) is 11.1 Å². The van der Waals surface area contributed by atoms with Crippen molar-refractivity contribution in [2.75, 3.05) is 13.2 Å². The summed E-state index contributed by atoms with van der Waals surface area (Å²) in [4.78, 5) is 29.8. The molecule has 0 bridgehead atoms. The number of nitrogens with one attached hydrogen (secondary N) is 1. The Morgan fingerprint density at radius 2 is 1.73 bits per heavy atom. The van der Waals surface area contributed by atoms with Crippen LogP contribution in [0.15, 0.2) is 54.6 Å². The third-order valence-electron chi connectivity index (χ3n) is 5.51. The number of carbonyl (C=O) groups excluding carboxylic acids is 2. The maximum atomic E-state index is 12.9. The molecule has 1 aliphatic rings. The Hall–Kier alpha value is -3.21. The van der Waals surface area contributed by atoms with Crippen LogP contribution >= 0.6 is 0 Å². The third-order valence-corrected chi connectivity index (χ3v) is 5.51. The number of nitrogens with zero attached hydrogens (tertiary/aromatic N) is 1. The molecule has 0 aliphatic heterocycles. The summed E-state index contributed by atoms with van der Waals surface area (Å²) in [6.45, 7) is 0.286. The Morgan fingerprint density at radius 1 is 0.967 bits per heavy atom.